The number of hydrogen-bond donors (Lipinski definition) is 0. The molecule has 0 aliphatic carbocycles. The second-order valence-electron chi connectivity index (χ2n) is 2.32. The van der Waals surface area contributed by atoms with E-state index in [0.29, 0.717) is 10.8 Å². The Morgan fingerprint density at radius 3 is 2.75 bits per heavy atom. The van der Waals surface area contributed by atoms with Crippen LogP contribution in [0.4, 0.5) is 0 Å². The van der Waals surface area contributed by atoms with Gasteiger partial charge < -0.3 is 4.74 Å². The number of para-hydroxylation sites is 1. The maximum absolute atomic E-state index is 8.47. The Morgan fingerprint density at radius 1 is 1.50 bits per heavy atom. The summed E-state index contributed by atoms with van der Waals surface area (Å²) in [6.45, 7) is 1.67. The molecule has 0 aliphatic rings. The van der Waals surface area contributed by atoms with Crippen LogP contribution in [0, 0.1) is 11.3 Å². The number of hydrogen-bond acceptors (Lipinski definition) is 2. The van der Waals surface area contributed by atoms with Crippen LogP contribution < -0.4 is 4.74 Å². The maximum Gasteiger partial charge on any atom is 0.181 e. The van der Waals surface area contributed by atoms with Crippen molar-refractivity contribution in [3.63, 3.8) is 0 Å². The molecule has 1 aromatic rings. The van der Waals surface area contributed by atoms with Gasteiger partial charge in [-0.3, -0.25) is 0 Å². The van der Waals surface area contributed by atoms with Crippen LogP contribution in [0.25, 0.3) is 0 Å². The van der Waals surface area contributed by atoms with E-state index >= 15 is 0 Å². The van der Waals surface area contributed by atoms with Gasteiger partial charge in [0, 0.05) is 0 Å². The zero-order chi connectivity index (χ0) is 8.97. The summed E-state index contributed by atoms with van der Waals surface area (Å²) in [5.74, 6) is 0.549. The number of ether oxygens (including phenoxy) is 1. The zero-order valence-corrected chi connectivity index (χ0v) is 7.38. The number of nitriles is 1. The fourth-order valence-electron chi connectivity index (χ4n) is 0.757. The number of halogens is 1. The molecule has 0 spiro atoms. The van der Waals surface area contributed by atoms with Crippen molar-refractivity contribution in [1.82, 2.24) is 0 Å². The Bertz CT molecular complexity index is 306. The van der Waals surface area contributed by atoms with E-state index in [1.165, 1.54) is 0 Å². The molecule has 1 unspecified atom stereocenters. The van der Waals surface area contributed by atoms with Gasteiger partial charge in [-0.2, -0.15) is 5.26 Å². The molecule has 3 heteroatoms. The molecule has 0 saturated heterocycles. The van der Waals surface area contributed by atoms with E-state index in [2.05, 4.69) is 0 Å². The van der Waals surface area contributed by atoms with Gasteiger partial charge in [0.2, 0.25) is 0 Å². The van der Waals surface area contributed by atoms with Gasteiger partial charge in [-0.05, 0) is 19.1 Å². The van der Waals surface area contributed by atoms with E-state index < -0.39 is 6.10 Å². The molecule has 0 saturated carbocycles. The molecule has 0 radical (unpaired) electrons. The van der Waals surface area contributed by atoms with Gasteiger partial charge in [-0.1, -0.05) is 23.7 Å². The summed E-state index contributed by atoms with van der Waals surface area (Å²) < 4.78 is 5.20. The number of nitrogens with zero attached hydrogens (tertiary/aromatic N) is 1. The Kier molecular flexibility index (Phi) is 2.95. The van der Waals surface area contributed by atoms with Gasteiger partial charge in [0.1, 0.15) is 11.8 Å². The third kappa shape index (κ3) is 2.14. The van der Waals surface area contributed by atoms with Crippen LogP contribution in [0.2, 0.25) is 5.02 Å². The molecule has 0 bridgehead atoms. The summed E-state index contributed by atoms with van der Waals surface area (Å²) >= 11 is 5.79. The van der Waals surface area contributed by atoms with Crippen molar-refractivity contribution < 1.29 is 4.74 Å². The largest absolute Gasteiger partial charge is 0.474 e. The highest BCUT2D eigenvalue weighted by Crippen LogP contribution is 2.23. The van der Waals surface area contributed by atoms with E-state index in [1.807, 2.05) is 18.2 Å². The lowest BCUT2D eigenvalue weighted by Crippen LogP contribution is -2.08. The van der Waals surface area contributed by atoms with Gasteiger partial charge in [0.15, 0.2) is 6.10 Å². The normalized spacial score (nSPS) is 11.8. The zero-order valence-electron chi connectivity index (χ0n) is 6.62. The SMILES string of the molecule is CC(C#N)Oc1ccccc1Cl. The predicted molar refractivity (Wildman–Crippen MR) is 47.2 cm³/mol. The molecule has 1 aromatic carbocycles. The molecule has 0 N–H and O–H groups in total. The van der Waals surface area contributed by atoms with Crippen LogP contribution in [0.3, 0.4) is 0 Å². The Labute approximate surface area is 76.3 Å². The summed E-state index contributed by atoms with van der Waals surface area (Å²) in [6, 6.07) is 9.04. The van der Waals surface area contributed by atoms with Gasteiger partial charge >= 0.3 is 0 Å². The fraction of sp³-hybridized carbons (Fsp3) is 0.222. The van der Waals surface area contributed by atoms with Crippen molar-refractivity contribution in [3.8, 4) is 11.8 Å². The summed E-state index contributed by atoms with van der Waals surface area (Å²) in [5, 5.41) is 9.00. The third-order valence-electron chi connectivity index (χ3n) is 1.32. The Morgan fingerprint density at radius 2 is 2.17 bits per heavy atom. The molecule has 62 valence electrons. The average molecular weight is 182 g/mol. The molecular formula is C9H8ClNO. The molecule has 0 aliphatic heterocycles. The lowest BCUT2D eigenvalue weighted by atomic mass is 10.3. The highest BCUT2D eigenvalue weighted by atomic mass is 35.5. The third-order valence-corrected chi connectivity index (χ3v) is 1.63. The number of rotatable bonds is 2. The van der Waals surface area contributed by atoms with Crippen molar-refractivity contribution >= 4 is 11.6 Å². The molecule has 0 aromatic heterocycles. The molecule has 0 fully saturated rings. The molecule has 1 atom stereocenters. The second-order valence-corrected chi connectivity index (χ2v) is 2.73. The van der Waals surface area contributed by atoms with Gasteiger partial charge in [-0.25, -0.2) is 0 Å². The summed E-state index contributed by atoms with van der Waals surface area (Å²) in [4.78, 5) is 0. The summed E-state index contributed by atoms with van der Waals surface area (Å²) in [7, 11) is 0. The van der Waals surface area contributed by atoms with Crippen LogP contribution in [-0.4, -0.2) is 6.10 Å². The summed E-state index contributed by atoms with van der Waals surface area (Å²) in [6.07, 6.45) is -0.468. The van der Waals surface area contributed by atoms with E-state index in [4.69, 9.17) is 21.6 Å². The average Bonchev–Trinajstić information content (AvgIpc) is 2.09. The van der Waals surface area contributed by atoms with Crippen LogP contribution in [0.15, 0.2) is 24.3 Å². The smallest absolute Gasteiger partial charge is 0.181 e. The summed E-state index contributed by atoms with van der Waals surface area (Å²) in [5.41, 5.74) is 0. The van der Waals surface area contributed by atoms with Crippen molar-refractivity contribution in [2.45, 2.75) is 13.0 Å². The van der Waals surface area contributed by atoms with Gasteiger partial charge in [-0.15, -0.1) is 0 Å². The Hall–Kier alpha value is -1.20. The molecule has 0 heterocycles. The van der Waals surface area contributed by atoms with Crippen LogP contribution >= 0.6 is 11.6 Å². The second kappa shape index (κ2) is 3.99. The first-order chi connectivity index (χ1) is 5.74. The minimum Gasteiger partial charge on any atom is -0.474 e. The Balaban J connectivity index is 2.77. The van der Waals surface area contributed by atoms with Crippen molar-refractivity contribution in [2.75, 3.05) is 0 Å². The van der Waals surface area contributed by atoms with Crippen LogP contribution in [0.5, 0.6) is 5.75 Å². The molecule has 12 heavy (non-hydrogen) atoms. The minimum absolute atomic E-state index is 0.468. The first-order valence-electron chi connectivity index (χ1n) is 3.55. The topological polar surface area (TPSA) is 33.0 Å². The molecule has 1 rings (SSSR count). The molecule has 0 amide bonds. The first-order valence-corrected chi connectivity index (χ1v) is 3.92. The lowest BCUT2D eigenvalue weighted by molar-refractivity contribution is 0.276. The first kappa shape index (κ1) is 8.89. The molecular weight excluding hydrogens is 174 g/mol. The van der Waals surface area contributed by atoms with Crippen LogP contribution in [0.1, 0.15) is 6.92 Å². The van der Waals surface area contributed by atoms with E-state index in [9.17, 15) is 0 Å². The van der Waals surface area contributed by atoms with Crippen molar-refractivity contribution in [3.05, 3.63) is 29.3 Å². The monoisotopic (exact) mass is 181 g/mol. The fourth-order valence-corrected chi connectivity index (χ4v) is 0.937. The van der Waals surface area contributed by atoms with Crippen molar-refractivity contribution in [1.29, 1.82) is 5.26 Å². The predicted octanol–water partition coefficient (Wildman–Crippen LogP) is 2.63. The van der Waals surface area contributed by atoms with E-state index in [-0.39, 0.29) is 0 Å². The van der Waals surface area contributed by atoms with Gasteiger partial charge in [0.25, 0.3) is 0 Å². The van der Waals surface area contributed by atoms with Crippen LogP contribution in [-0.2, 0) is 0 Å². The highest BCUT2D eigenvalue weighted by Gasteiger charge is 2.03. The molecule has 2 nitrogen and oxygen atoms in total. The maximum atomic E-state index is 8.47. The van der Waals surface area contributed by atoms with Crippen molar-refractivity contribution in [2.24, 2.45) is 0 Å². The van der Waals surface area contributed by atoms with Gasteiger partial charge in [0.05, 0.1) is 5.02 Å². The quantitative estimate of drug-likeness (QED) is 0.703. The minimum atomic E-state index is -0.468. The standard InChI is InChI=1S/C9H8ClNO/c1-7(6-11)12-9-5-3-2-4-8(9)10/h2-5,7H,1H3. The highest BCUT2D eigenvalue weighted by molar-refractivity contribution is 6.32. The van der Waals surface area contributed by atoms with E-state index in [0.717, 1.165) is 0 Å². The lowest BCUT2D eigenvalue weighted by Gasteiger charge is -2.08. The van der Waals surface area contributed by atoms with E-state index in [1.54, 1.807) is 19.1 Å². The number of benzene rings is 1.